The van der Waals surface area contributed by atoms with Crippen LogP contribution in [0.4, 0.5) is 0 Å². The Bertz CT molecular complexity index is 579. The molecular formula is C16H21N3S. The molecule has 106 valence electrons. The zero-order valence-corrected chi connectivity index (χ0v) is 12.9. The van der Waals surface area contributed by atoms with E-state index in [1.807, 2.05) is 0 Å². The maximum absolute atomic E-state index is 4.47. The Morgan fingerprint density at radius 1 is 1.35 bits per heavy atom. The van der Waals surface area contributed by atoms with Crippen LogP contribution in [0.15, 0.2) is 24.3 Å². The molecule has 1 heterocycles. The molecule has 0 saturated heterocycles. The Morgan fingerprint density at radius 3 is 3.05 bits per heavy atom. The van der Waals surface area contributed by atoms with Gasteiger partial charge in [-0.2, -0.15) is 0 Å². The normalized spacial score (nSPS) is 19.6. The van der Waals surface area contributed by atoms with E-state index in [2.05, 4.69) is 53.6 Å². The van der Waals surface area contributed by atoms with Crippen LogP contribution in [0.25, 0.3) is 0 Å². The molecule has 3 nitrogen and oxygen atoms in total. The number of nitrogens with zero attached hydrogens (tertiary/aromatic N) is 2. The van der Waals surface area contributed by atoms with E-state index in [0.717, 1.165) is 11.6 Å². The van der Waals surface area contributed by atoms with Gasteiger partial charge in [0.15, 0.2) is 0 Å². The smallest absolute Gasteiger partial charge is 0.134 e. The van der Waals surface area contributed by atoms with Crippen molar-refractivity contribution in [3.8, 4) is 0 Å². The summed E-state index contributed by atoms with van der Waals surface area (Å²) in [6, 6.07) is 9.09. The Kier molecular flexibility index (Phi) is 4.13. The minimum Gasteiger partial charge on any atom is -0.308 e. The summed E-state index contributed by atoms with van der Waals surface area (Å²) in [5.41, 5.74) is 2.94. The summed E-state index contributed by atoms with van der Waals surface area (Å²) in [5.74, 6) is 0.444. The summed E-state index contributed by atoms with van der Waals surface area (Å²) in [7, 11) is 0. The minimum absolute atomic E-state index is 0.296. The second-order valence-corrected chi connectivity index (χ2v) is 6.44. The predicted octanol–water partition coefficient (Wildman–Crippen LogP) is 3.68. The molecule has 0 aliphatic heterocycles. The highest BCUT2D eigenvalue weighted by molar-refractivity contribution is 7.11. The highest BCUT2D eigenvalue weighted by Crippen LogP contribution is 2.38. The number of benzene rings is 1. The fourth-order valence-corrected chi connectivity index (χ4v) is 3.99. The summed E-state index contributed by atoms with van der Waals surface area (Å²) in [5, 5.41) is 14.5. The quantitative estimate of drug-likeness (QED) is 0.932. The lowest BCUT2D eigenvalue weighted by atomic mass is 9.83. The molecule has 1 aliphatic rings. The van der Waals surface area contributed by atoms with Crippen molar-refractivity contribution >= 4 is 11.3 Å². The highest BCUT2D eigenvalue weighted by Gasteiger charge is 2.25. The van der Waals surface area contributed by atoms with Crippen LogP contribution < -0.4 is 5.32 Å². The molecule has 1 aromatic carbocycles. The van der Waals surface area contributed by atoms with E-state index in [-0.39, 0.29) is 0 Å². The molecule has 2 unspecified atom stereocenters. The van der Waals surface area contributed by atoms with Crippen molar-refractivity contribution < 1.29 is 0 Å². The van der Waals surface area contributed by atoms with Gasteiger partial charge in [0.1, 0.15) is 10.0 Å². The van der Waals surface area contributed by atoms with Gasteiger partial charge >= 0.3 is 0 Å². The van der Waals surface area contributed by atoms with Gasteiger partial charge in [-0.05, 0) is 43.9 Å². The van der Waals surface area contributed by atoms with E-state index in [1.54, 1.807) is 11.3 Å². The maximum atomic E-state index is 4.47. The standard InChI is InChI=1S/C16H21N3S/c1-3-17-11(2)15-18-19-16(20-15)14-10-6-8-12-7-4-5-9-13(12)14/h4-5,7,9,11,14,17H,3,6,8,10H2,1-2H3. The van der Waals surface area contributed by atoms with Crippen LogP contribution in [0.1, 0.15) is 59.8 Å². The Morgan fingerprint density at radius 2 is 2.20 bits per heavy atom. The van der Waals surface area contributed by atoms with Crippen LogP contribution in [-0.4, -0.2) is 16.7 Å². The number of fused-ring (bicyclic) bond motifs is 1. The van der Waals surface area contributed by atoms with Crippen molar-refractivity contribution in [3.05, 3.63) is 45.4 Å². The predicted molar refractivity (Wildman–Crippen MR) is 83.2 cm³/mol. The van der Waals surface area contributed by atoms with Crippen molar-refractivity contribution in [3.63, 3.8) is 0 Å². The largest absolute Gasteiger partial charge is 0.308 e. The molecular weight excluding hydrogens is 266 g/mol. The van der Waals surface area contributed by atoms with E-state index < -0.39 is 0 Å². The summed E-state index contributed by atoms with van der Waals surface area (Å²) >= 11 is 1.77. The molecule has 4 heteroatoms. The van der Waals surface area contributed by atoms with Gasteiger partial charge in [-0.15, -0.1) is 10.2 Å². The first kappa shape index (κ1) is 13.7. The maximum Gasteiger partial charge on any atom is 0.134 e. The number of aromatic nitrogens is 2. The topological polar surface area (TPSA) is 37.8 Å². The first-order valence-corrected chi connectivity index (χ1v) is 8.25. The minimum atomic E-state index is 0.296. The van der Waals surface area contributed by atoms with E-state index in [9.17, 15) is 0 Å². The van der Waals surface area contributed by atoms with Gasteiger partial charge < -0.3 is 5.32 Å². The van der Waals surface area contributed by atoms with Gasteiger partial charge in [-0.3, -0.25) is 0 Å². The number of hydrogen-bond donors (Lipinski definition) is 1. The fraction of sp³-hybridized carbons (Fsp3) is 0.500. The molecule has 1 aliphatic carbocycles. The average Bonchev–Trinajstić information content (AvgIpc) is 2.97. The molecule has 0 amide bonds. The lowest BCUT2D eigenvalue weighted by molar-refractivity contribution is 0.586. The zero-order chi connectivity index (χ0) is 13.9. The number of nitrogens with one attached hydrogen (secondary N) is 1. The Balaban J connectivity index is 1.87. The van der Waals surface area contributed by atoms with E-state index in [1.165, 1.54) is 35.4 Å². The van der Waals surface area contributed by atoms with Crippen molar-refractivity contribution in [1.29, 1.82) is 0 Å². The van der Waals surface area contributed by atoms with Gasteiger partial charge in [-0.1, -0.05) is 42.5 Å². The molecule has 2 atom stereocenters. The van der Waals surface area contributed by atoms with Gasteiger partial charge in [-0.25, -0.2) is 0 Å². The lowest BCUT2D eigenvalue weighted by Gasteiger charge is -2.23. The second kappa shape index (κ2) is 6.02. The molecule has 3 rings (SSSR count). The van der Waals surface area contributed by atoms with Crippen LogP contribution in [0.2, 0.25) is 0 Å². The summed E-state index contributed by atoms with van der Waals surface area (Å²) in [6.07, 6.45) is 3.65. The van der Waals surface area contributed by atoms with Crippen LogP contribution in [-0.2, 0) is 6.42 Å². The third-order valence-electron chi connectivity index (χ3n) is 4.00. The summed E-state index contributed by atoms with van der Waals surface area (Å²) in [4.78, 5) is 0. The Hall–Kier alpha value is -1.26. The number of rotatable bonds is 4. The van der Waals surface area contributed by atoms with Gasteiger partial charge in [0.2, 0.25) is 0 Å². The van der Waals surface area contributed by atoms with E-state index in [4.69, 9.17) is 0 Å². The average molecular weight is 287 g/mol. The first-order valence-electron chi connectivity index (χ1n) is 7.44. The molecule has 0 spiro atoms. The van der Waals surface area contributed by atoms with E-state index >= 15 is 0 Å². The fourth-order valence-electron chi connectivity index (χ4n) is 2.97. The molecule has 0 radical (unpaired) electrons. The summed E-state index contributed by atoms with van der Waals surface area (Å²) in [6.45, 7) is 5.24. The first-order chi connectivity index (χ1) is 9.79. The van der Waals surface area contributed by atoms with Crippen LogP contribution in [0.5, 0.6) is 0 Å². The van der Waals surface area contributed by atoms with Crippen molar-refractivity contribution in [2.45, 2.75) is 45.1 Å². The SMILES string of the molecule is CCNC(C)c1nnc(C2CCCc3ccccc32)s1. The third-order valence-corrected chi connectivity index (χ3v) is 5.22. The molecule has 0 fully saturated rings. The van der Waals surface area contributed by atoms with Crippen LogP contribution in [0, 0.1) is 0 Å². The summed E-state index contributed by atoms with van der Waals surface area (Å²) < 4.78 is 0. The molecule has 1 aromatic heterocycles. The molecule has 0 saturated carbocycles. The van der Waals surface area contributed by atoms with Gasteiger partial charge in [0.05, 0.1) is 6.04 Å². The number of aryl methyl sites for hydroxylation is 1. The monoisotopic (exact) mass is 287 g/mol. The van der Waals surface area contributed by atoms with Gasteiger partial charge in [0, 0.05) is 5.92 Å². The van der Waals surface area contributed by atoms with Crippen LogP contribution >= 0.6 is 11.3 Å². The van der Waals surface area contributed by atoms with Crippen molar-refractivity contribution in [2.75, 3.05) is 6.54 Å². The van der Waals surface area contributed by atoms with E-state index in [0.29, 0.717) is 12.0 Å². The number of hydrogen-bond acceptors (Lipinski definition) is 4. The van der Waals surface area contributed by atoms with Crippen molar-refractivity contribution in [1.82, 2.24) is 15.5 Å². The van der Waals surface area contributed by atoms with Crippen LogP contribution in [0.3, 0.4) is 0 Å². The molecule has 2 aromatic rings. The lowest BCUT2D eigenvalue weighted by Crippen LogP contribution is -2.17. The Labute approximate surface area is 124 Å². The van der Waals surface area contributed by atoms with Crippen molar-refractivity contribution in [2.24, 2.45) is 0 Å². The highest BCUT2D eigenvalue weighted by atomic mass is 32.1. The second-order valence-electron chi connectivity index (χ2n) is 5.40. The van der Waals surface area contributed by atoms with Gasteiger partial charge in [0.25, 0.3) is 0 Å². The molecule has 1 N–H and O–H groups in total. The zero-order valence-electron chi connectivity index (χ0n) is 12.1. The molecule has 0 bridgehead atoms. The molecule has 20 heavy (non-hydrogen) atoms. The third kappa shape index (κ3) is 2.63.